The minimum Gasteiger partial charge on any atom is -0.342 e. The van der Waals surface area contributed by atoms with Crippen LogP contribution in [0.2, 0.25) is 0 Å². The van der Waals surface area contributed by atoms with Crippen LogP contribution in [0.5, 0.6) is 0 Å². The Balaban J connectivity index is 1.81. The van der Waals surface area contributed by atoms with Crippen LogP contribution in [-0.2, 0) is 4.79 Å². The second-order valence-corrected chi connectivity index (χ2v) is 5.97. The van der Waals surface area contributed by atoms with E-state index >= 15 is 0 Å². The van der Waals surface area contributed by atoms with E-state index in [4.69, 9.17) is 0 Å². The van der Waals surface area contributed by atoms with Gasteiger partial charge in [-0.05, 0) is 25.3 Å². The van der Waals surface area contributed by atoms with Crippen molar-refractivity contribution in [1.29, 1.82) is 0 Å². The van der Waals surface area contributed by atoms with Crippen LogP contribution in [0.25, 0.3) is 0 Å². The normalized spacial score (nSPS) is 17.1. The largest absolute Gasteiger partial charge is 0.342 e. The third-order valence-corrected chi connectivity index (χ3v) is 4.27. The minimum atomic E-state index is -0.291. The number of carbonyl (C=O) groups excluding carboxylic acids is 1. The Kier molecular flexibility index (Phi) is 4.51. The molecule has 0 aliphatic heterocycles. The summed E-state index contributed by atoms with van der Waals surface area (Å²) in [4.78, 5) is 17.0. The lowest BCUT2D eigenvalue weighted by Crippen LogP contribution is -2.36. The quantitative estimate of drug-likeness (QED) is 0.911. The first-order valence-electron chi connectivity index (χ1n) is 7.98. The summed E-state index contributed by atoms with van der Waals surface area (Å²) in [5.41, 5.74) is 1.01. The summed E-state index contributed by atoms with van der Waals surface area (Å²) in [5, 5.41) is 10.2. The van der Waals surface area contributed by atoms with Crippen LogP contribution in [-0.4, -0.2) is 21.1 Å². The second kappa shape index (κ2) is 6.73. The van der Waals surface area contributed by atoms with Crippen molar-refractivity contribution in [3.8, 4) is 0 Å². The molecule has 0 saturated heterocycles. The number of hydrogen-bond acceptors (Lipinski definition) is 3. The molecule has 1 atom stereocenters. The molecule has 1 fully saturated rings. The highest BCUT2D eigenvalue weighted by atomic mass is 16.1. The summed E-state index contributed by atoms with van der Waals surface area (Å²) in [6.45, 7) is 1.86. The predicted molar refractivity (Wildman–Crippen MR) is 84.1 cm³/mol. The van der Waals surface area contributed by atoms with Crippen molar-refractivity contribution in [1.82, 2.24) is 20.5 Å². The average molecular weight is 298 g/mol. The Morgan fingerprint density at radius 1 is 1.23 bits per heavy atom. The average Bonchev–Trinajstić information content (AvgIpc) is 3.00. The zero-order valence-electron chi connectivity index (χ0n) is 12.9. The topological polar surface area (TPSA) is 70.7 Å². The Morgan fingerprint density at radius 2 is 1.95 bits per heavy atom. The molecule has 3 rings (SSSR count). The molecule has 116 valence electrons. The highest BCUT2D eigenvalue weighted by Gasteiger charge is 2.26. The van der Waals surface area contributed by atoms with Gasteiger partial charge in [-0.1, -0.05) is 49.6 Å². The summed E-state index contributed by atoms with van der Waals surface area (Å²) in [6.07, 6.45) is 5.51. The first-order chi connectivity index (χ1) is 10.7. The number of nitrogens with zero attached hydrogens (tertiary/aromatic N) is 2. The first-order valence-corrected chi connectivity index (χ1v) is 7.98. The van der Waals surface area contributed by atoms with Crippen LogP contribution in [0.4, 0.5) is 0 Å². The lowest BCUT2D eigenvalue weighted by Gasteiger charge is -2.24. The number of aromatic nitrogens is 3. The highest BCUT2D eigenvalue weighted by molar-refractivity contribution is 5.79. The molecule has 5 nitrogen and oxygen atoms in total. The van der Waals surface area contributed by atoms with Crippen molar-refractivity contribution in [3.63, 3.8) is 0 Å². The summed E-state index contributed by atoms with van der Waals surface area (Å²) < 4.78 is 0. The van der Waals surface area contributed by atoms with Gasteiger partial charge in [0.05, 0.1) is 0 Å². The summed E-state index contributed by atoms with van der Waals surface area (Å²) in [5.74, 6) is 1.62. The maximum atomic E-state index is 12.6. The molecule has 0 spiro atoms. The fourth-order valence-corrected chi connectivity index (χ4v) is 3.06. The number of rotatable bonds is 4. The molecule has 1 aromatic carbocycles. The molecular formula is C17H22N4O. The maximum absolute atomic E-state index is 12.6. The molecule has 0 bridgehead atoms. The third kappa shape index (κ3) is 3.35. The molecule has 1 aromatic heterocycles. The molecule has 0 radical (unpaired) electrons. The first kappa shape index (κ1) is 14.8. The molecule has 22 heavy (non-hydrogen) atoms. The number of aromatic amines is 1. The van der Waals surface area contributed by atoms with Gasteiger partial charge in [-0.25, -0.2) is 4.98 Å². The van der Waals surface area contributed by atoms with Crippen LogP contribution in [0.1, 0.15) is 55.4 Å². The Bertz CT molecular complexity index is 617. The molecule has 0 unspecified atom stereocenters. The van der Waals surface area contributed by atoms with Gasteiger partial charge in [0.1, 0.15) is 11.9 Å². The van der Waals surface area contributed by atoms with E-state index in [-0.39, 0.29) is 17.9 Å². The van der Waals surface area contributed by atoms with Crippen LogP contribution in [0.15, 0.2) is 30.3 Å². The summed E-state index contributed by atoms with van der Waals surface area (Å²) in [6, 6.07) is 9.60. The molecule has 1 heterocycles. The highest BCUT2D eigenvalue weighted by Crippen LogP contribution is 2.26. The fraction of sp³-hybridized carbons (Fsp3) is 0.471. The van der Waals surface area contributed by atoms with E-state index in [1.165, 1.54) is 6.42 Å². The van der Waals surface area contributed by atoms with Gasteiger partial charge >= 0.3 is 0 Å². The minimum absolute atomic E-state index is 0.121. The maximum Gasteiger partial charge on any atom is 0.223 e. The Hall–Kier alpha value is -2.17. The van der Waals surface area contributed by atoms with E-state index in [0.717, 1.165) is 37.1 Å². The Labute approximate surface area is 130 Å². The van der Waals surface area contributed by atoms with Gasteiger partial charge in [-0.3, -0.25) is 9.89 Å². The van der Waals surface area contributed by atoms with E-state index in [2.05, 4.69) is 20.5 Å². The molecule has 2 aromatic rings. The van der Waals surface area contributed by atoms with Crippen molar-refractivity contribution in [2.75, 3.05) is 0 Å². The number of benzene rings is 1. The number of hydrogen-bond donors (Lipinski definition) is 2. The van der Waals surface area contributed by atoms with Gasteiger partial charge < -0.3 is 5.32 Å². The van der Waals surface area contributed by atoms with Crippen molar-refractivity contribution in [2.24, 2.45) is 5.92 Å². The van der Waals surface area contributed by atoms with Crippen LogP contribution >= 0.6 is 0 Å². The van der Waals surface area contributed by atoms with E-state index in [0.29, 0.717) is 5.82 Å². The number of carbonyl (C=O) groups is 1. The summed E-state index contributed by atoms with van der Waals surface area (Å²) >= 11 is 0. The van der Waals surface area contributed by atoms with E-state index in [9.17, 15) is 4.79 Å². The monoisotopic (exact) mass is 298 g/mol. The molecular weight excluding hydrogens is 276 g/mol. The molecule has 1 saturated carbocycles. The van der Waals surface area contributed by atoms with Gasteiger partial charge in [0, 0.05) is 5.92 Å². The van der Waals surface area contributed by atoms with E-state index in [1.54, 1.807) is 0 Å². The van der Waals surface area contributed by atoms with Crippen molar-refractivity contribution >= 4 is 5.91 Å². The molecule has 2 N–H and O–H groups in total. The van der Waals surface area contributed by atoms with Crippen LogP contribution in [0.3, 0.4) is 0 Å². The fourth-order valence-electron chi connectivity index (χ4n) is 3.06. The molecule has 5 heteroatoms. The van der Waals surface area contributed by atoms with Gasteiger partial charge in [-0.15, -0.1) is 0 Å². The van der Waals surface area contributed by atoms with E-state index in [1.807, 2.05) is 37.3 Å². The number of amides is 1. The Morgan fingerprint density at radius 3 is 2.59 bits per heavy atom. The smallest absolute Gasteiger partial charge is 0.223 e. The van der Waals surface area contributed by atoms with Crippen molar-refractivity contribution in [3.05, 3.63) is 47.5 Å². The SMILES string of the molecule is Cc1nc([C@@H](NC(=O)C2CCCCC2)c2ccccc2)n[nH]1. The zero-order chi connectivity index (χ0) is 15.4. The van der Waals surface area contributed by atoms with Gasteiger partial charge in [-0.2, -0.15) is 5.10 Å². The van der Waals surface area contributed by atoms with Crippen molar-refractivity contribution in [2.45, 2.75) is 45.1 Å². The van der Waals surface area contributed by atoms with Crippen LogP contribution in [0, 0.1) is 12.8 Å². The molecule has 1 aliphatic rings. The van der Waals surface area contributed by atoms with Crippen LogP contribution < -0.4 is 5.32 Å². The van der Waals surface area contributed by atoms with Crippen molar-refractivity contribution < 1.29 is 4.79 Å². The number of nitrogens with one attached hydrogen (secondary N) is 2. The molecule has 1 aliphatic carbocycles. The second-order valence-electron chi connectivity index (χ2n) is 5.97. The van der Waals surface area contributed by atoms with E-state index < -0.39 is 0 Å². The third-order valence-electron chi connectivity index (χ3n) is 4.27. The van der Waals surface area contributed by atoms with Gasteiger partial charge in [0.15, 0.2) is 5.82 Å². The lowest BCUT2D eigenvalue weighted by molar-refractivity contribution is -0.126. The standard InChI is InChI=1S/C17H22N4O/c1-12-18-16(21-20-12)15(13-8-4-2-5-9-13)19-17(22)14-10-6-3-7-11-14/h2,4-5,8-9,14-15H,3,6-7,10-11H2,1H3,(H,19,22)(H,18,20,21)/t15-/m0/s1. The van der Waals surface area contributed by atoms with Gasteiger partial charge in [0.25, 0.3) is 0 Å². The zero-order valence-corrected chi connectivity index (χ0v) is 12.9. The number of aryl methyl sites for hydroxylation is 1. The summed E-state index contributed by atoms with van der Waals surface area (Å²) in [7, 11) is 0. The molecule has 1 amide bonds. The predicted octanol–water partition coefficient (Wildman–Crippen LogP) is 2.90. The van der Waals surface area contributed by atoms with Gasteiger partial charge in [0.2, 0.25) is 5.91 Å². The lowest BCUT2D eigenvalue weighted by atomic mass is 9.88. The number of H-pyrrole nitrogens is 1.